The van der Waals surface area contributed by atoms with Crippen molar-refractivity contribution in [1.82, 2.24) is 18.4 Å². The Morgan fingerprint density at radius 3 is 2.03 bits per heavy atom. The highest BCUT2D eigenvalue weighted by molar-refractivity contribution is 7.86. The number of hydrogen-bond acceptors (Lipinski definition) is 6. The first kappa shape index (κ1) is 23.8. The molecule has 0 radical (unpaired) electrons. The van der Waals surface area contributed by atoms with Crippen molar-refractivity contribution in [3.05, 3.63) is 24.3 Å². The number of benzene rings is 1. The zero-order valence-electron chi connectivity index (χ0n) is 18.5. The van der Waals surface area contributed by atoms with Gasteiger partial charge in [-0.15, -0.1) is 0 Å². The highest BCUT2D eigenvalue weighted by atomic mass is 32.2. The van der Waals surface area contributed by atoms with E-state index < -0.39 is 10.2 Å². The van der Waals surface area contributed by atoms with Gasteiger partial charge in [-0.25, -0.2) is 0 Å². The second-order valence-electron chi connectivity index (χ2n) is 7.82. The van der Waals surface area contributed by atoms with Crippen LogP contribution >= 0.6 is 0 Å². The summed E-state index contributed by atoms with van der Waals surface area (Å²) < 4.78 is 40.1. The average molecular weight is 455 g/mol. The number of hydrogen-bond donors (Lipinski definition) is 0. The Kier molecular flexibility index (Phi) is 8.53. The van der Waals surface area contributed by atoms with Gasteiger partial charge in [0, 0.05) is 58.8 Å². The molecular formula is C21H34N4O5S. The molecule has 0 aliphatic carbocycles. The summed E-state index contributed by atoms with van der Waals surface area (Å²) in [6.45, 7) is 6.99. The molecule has 10 heteroatoms. The lowest BCUT2D eigenvalue weighted by atomic mass is 10.2. The summed E-state index contributed by atoms with van der Waals surface area (Å²) >= 11 is 0. The molecular weight excluding hydrogens is 420 g/mol. The Bertz CT molecular complexity index is 819. The van der Waals surface area contributed by atoms with Crippen LogP contribution in [0, 0.1) is 0 Å². The molecule has 2 aliphatic rings. The van der Waals surface area contributed by atoms with E-state index in [4.69, 9.17) is 9.47 Å². The SMILES string of the molecule is CCOc1ccccc1OCCCC(=O)N1CCN(S(=O)(=O)N2CCN(C)CC2)CC1. The lowest BCUT2D eigenvalue weighted by Crippen LogP contribution is -2.57. The Labute approximate surface area is 185 Å². The van der Waals surface area contributed by atoms with E-state index in [2.05, 4.69) is 4.90 Å². The fraction of sp³-hybridized carbons (Fsp3) is 0.667. The number of carbonyl (C=O) groups is 1. The molecule has 1 amide bonds. The average Bonchev–Trinajstić information content (AvgIpc) is 2.78. The van der Waals surface area contributed by atoms with Crippen molar-refractivity contribution in [2.24, 2.45) is 0 Å². The normalized spacial score (nSPS) is 19.4. The quantitative estimate of drug-likeness (QED) is 0.515. The number of carbonyl (C=O) groups excluding carboxylic acids is 1. The summed E-state index contributed by atoms with van der Waals surface area (Å²) in [5.74, 6) is 1.42. The highest BCUT2D eigenvalue weighted by Crippen LogP contribution is 2.26. The van der Waals surface area contributed by atoms with Gasteiger partial charge in [0.15, 0.2) is 11.5 Å². The first-order valence-corrected chi connectivity index (χ1v) is 12.4. The maximum absolute atomic E-state index is 12.8. The summed E-state index contributed by atoms with van der Waals surface area (Å²) in [6.07, 6.45) is 0.973. The summed E-state index contributed by atoms with van der Waals surface area (Å²) in [4.78, 5) is 16.4. The van der Waals surface area contributed by atoms with E-state index in [1.165, 1.54) is 4.31 Å². The van der Waals surface area contributed by atoms with E-state index in [1.54, 1.807) is 9.21 Å². The van der Waals surface area contributed by atoms with Crippen LogP contribution in [0.4, 0.5) is 0 Å². The van der Waals surface area contributed by atoms with Crippen molar-refractivity contribution < 1.29 is 22.7 Å². The topological polar surface area (TPSA) is 82.6 Å². The summed E-state index contributed by atoms with van der Waals surface area (Å²) in [6, 6.07) is 7.50. The van der Waals surface area contributed by atoms with Gasteiger partial charge in [-0.1, -0.05) is 12.1 Å². The van der Waals surface area contributed by atoms with Crippen LogP contribution in [-0.4, -0.2) is 105 Å². The summed E-state index contributed by atoms with van der Waals surface area (Å²) in [7, 11) is -1.45. The van der Waals surface area contributed by atoms with E-state index in [0.717, 1.165) is 13.1 Å². The zero-order chi connectivity index (χ0) is 22.3. The van der Waals surface area contributed by atoms with Crippen molar-refractivity contribution in [3.63, 3.8) is 0 Å². The van der Waals surface area contributed by atoms with Gasteiger partial charge in [0.1, 0.15) is 0 Å². The zero-order valence-corrected chi connectivity index (χ0v) is 19.3. The molecule has 3 rings (SSSR count). The third kappa shape index (κ3) is 6.31. The molecule has 0 spiro atoms. The molecule has 2 saturated heterocycles. The molecule has 2 fully saturated rings. The number of rotatable bonds is 9. The van der Waals surface area contributed by atoms with Crippen LogP contribution < -0.4 is 9.47 Å². The lowest BCUT2D eigenvalue weighted by Gasteiger charge is -2.39. The van der Waals surface area contributed by atoms with Crippen LogP contribution in [-0.2, 0) is 15.0 Å². The number of amides is 1. The highest BCUT2D eigenvalue weighted by Gasteiger charge is 2.34. The van der Waals surface area contributed by atoms with E-state index in [0.29, 0.717) is 76.8 Å². The van der Waals surface area contributed by atoms with Gasteiger partial charge in [-0.3, -0.25) is 4.79 Å². The van der Waals surface area contributed by atoms with E-state index in [9.17, 15) is 13.2 Å². The lowest BCUT2D eigenvalue weighted by molar-refractivity contribution is -0.132. The molecule has 2 heterocycles. The van der Waals surface area contributed by atoms with Gasteiger partial charge in [-0.2, -0.15) is 17.0 Å². The monoisotopic (exact) mass is 454 g/mol. The molecule has 0 N–H and O–H groups in total. The molecule has 174 valence electrons. The van der Waals surface area contributed by atoms with Crippen molar-refractivity contribution in [2.75, 3.05) is 72.6 Å². The maximum Gasteiger partial charge on any atom is 0.282 e. The van der Waals surface area contributed by atoms with Crippen molar-refractivity contribution in [3.8, 4) is 11.5 Å². The van der Waals surface area contributed by atoms with Gasteiger partial charge in [0.25, 0.3) is 10.2 Å². The first-order valence-electron chi connectivity index (χ1n) is 11.0. The second kappa shape index (κ2) is 11.1. The van der Waals surface area contributed by atoms with Crippen LogP contribution in [0.15, 0.2) is 24.3 Å². The molecule has 1 aromatic carbocycles. The van der Waals surface area contributed by atoms with Gasteiger partial charge in [0.2, 0.25) is 5.91 Å². The van der Waals surface area contributed by atoms with Gasteiger partial charge >= 0.3 is 0 Å². The van der Waals surface area contributed by atoms with Crippen LogP contribution in [0.2, 0.25) is 0 Å². The molecule has 9 nitrogen and oxygen atoms in total. The van der Waals surface area contributed by atoms with Crippen LogP contribution in [0.3, 0.4) is 0 Å². The number of ether oxygens (including phenoxy) is 2. The molecule has 1 aromatic rings. The van der Waals surface area contributed by atoms with Crippen LogP contribution in [0.25, 0.3) is 0 Å². The predicted molar refractivity (Wildman–Crippen MR) is 118 cm³/mol. The Morgan fingerprint density at radius 2 is 1.45 bits per heavy atom. The Morgan fingerprint density at radius 1 is 0.903 bits per heavy atom. The van der Waals surface area contributed by atoms with Crippen LogP contribution in [0.1, 0.15) is 19.8 Å². The maximum atomic E-state index is 12.8. The Hall–Kier alpha value is -1.88. The molecule has 2 aliphatic heterocycles. The molecule has 0 bridgehead atoms. The molecule has 31 heavy (non-hydrogen) atoms. The fourth-order valence-corrected chi connectivity index (χ4v) is 5.33. The molecule has 0 atom stereocenters. The minimum absolute atomic E-state index is 0.0401. The molecule has 0 unspecified atom stereocenters. The molecule has 0 saturated carbocycles. The third-order valence-electron chi connectivity index (χ3n) is 5.65. The van der Waals surface area contributed by atoms with E-state index in [-0.39, 0.29) is 5.91 Å². The van der Waals surface area contributed by atoms with Gasteiger partial charge < -0.3 is 19.3 Å². The second-order valence-corrected chi connectivity index (χ2v) is 9.75. The van der Waals surface area contributed by atoms with E-state index in [1.807, 2.05) is 38.2 Å². The number of para-hydroxylation sites is 2. The van der Waals surface area contributed by atoms with Gasteiger partial charge in [-0.05, 0) is 32.5 Å². The third-order valence-corrected chi connectivity index (χ3v) is 7.68. The number of piperazine rings is 2. The Balaban J connectivity index is 1.39. The first-order chi connectivity index (χ1) is 14.9. The summed E-state index contributed by atoms with van der Waals surface area (Å²) in [5.41, 5.74) is 0. The predicted octanol–water partition coefficient (Wildman–Crippen LogP) is 0.881. The van der Waals surface area contributed by atoms with Gasteiger partial charge in [0.05, 0.1) is 13.2 Å². The number of likely N-dealkylation sites (N-methyl/N-ethyl adjacent to an activating group) is 1. The largest absolute Gasteiger partial charge is 0.490 e. The summed E-state index contributed by atoms with van der Waals surface area (Å²) in [5, 5.41) is 0. The van der Waals surface area contributed by atoms with Crippen molar-refractivity contribution in [2.45, 2.75) is 19.8 Å². The van der Waals surface area contributed by atoms with Crippen LogP contribution in [0.5, 0.6) is 11.5 Å². The van der Waals surface area contributed by atoms with Crippen molar-refractivity contribution >= 4 is 16.1 Å². The standard InChI is InChI=1S/C21H34N4O5S/c1-3-29-19-7-4-5-8-20(19)30-18-6-9-21(26)23-12-16-25(17-13-23)31(27,28)24-14-10-22(2)11-15-24/h4-5,7-8H,3,6,9-18H2,1-2H3. The van der Waals surface area contributed by atoms with Crippen molar-refractivity contribution in [1.29, 1.82) is 0 Å². The smallest absolute Gasteiger partial charge is 0.282 e. The minimum atomic E-state index is -3.45. The van der Waals surface area contributed by atoms with E-state index >= 15 is 0 Å². The number of nitrogens with zero attached hydrogens (tertiary/aromatic N) is 4. The molecule has 0 aromatic heterocycles. The fourth-order valence-electron chi connectivity index (χ4n) is 3.76. The minimum Gasteiger partial charge on any atom is -0.490 e.